The summed E-state index contributed by atoms with van der Waals surface area (Å²) in [6.07, 6.45) is 0. The van der Waals surface area contributed by atoms with Crippen LogP contribution in [0.4, 0.5) is 8.78 Å². The molecule has 0 saturated heterocycles. The molecule has 0 spiro atoms. The van der Waals surface area contributed by atoms with Crippen LogP contribution in [0, 0.1) is 25.5 Å². The molecule has 0 heterocycles. The molecular formula is C15H13ClF2. The Hall–Kier alpha value is -1.41. The molecule has 2 aromatic carbocycles. The first-order valence-electron chi connectivity index (χ1n) is 5.65. The largest absolute Gasteiger partial charge is 0.207 e. The highest BCUT2D eigenvalue weighted by molar-refractivity contribution is 6.22. The first-order valence-corrected chi connectivity index (χ1v) is 6.09. The lowest BCUT2D eigenvalue weighted by Gasteiger charge is -2.12. The third-order valence-electron chi connectivity index (χ3n) is 2.95. The minimum absolute atomic E-state index is 0.252. The molecule has 94 valence electrons. The van der Waals surface area contributed by atoms with Gasteiger partial charge >= 0.3 is 0 Å². The lowest BCUT2D eigenvalue weighted by atomic mass is 10.0. The van der Waals surface area contributed by atoms with Gasteiger partial charge in [0.1, 0.15) is 11.6 Å². The number of hydrogen-bond acceptors (Lipinski definition) is 0. The van der Waals surface area contributed by atoms with E-state index in [2.05, 4.69) is 0 Å². The molecule has 0 aliphatic rings. The van der Waals surface area contributed by atoms with E-state index in [0.29, 0.717) is 11.1 Å². The highest BCUT2D eigenvalue weighted by Crippen LogP contribution is 2.30. The highest BCUT2D eigenvalue weighted by Gasteiger charge is 2.13. The average molecular weight is 267 g/mol. The highest BCUT2D eigenvalue weighted by atomic mass is 35.5. The number of rotatable bonds is 2. The number of alkyl halides is 1. The third kappa shape index (κ3) is 2.54. The Bertz CT molecular complexity index is 527. The maximum Gasteiger partial charge on any atom is 0.126 e. The predicted octanol–water partition coefficient (Wildman–Crippen LogP) is 4.91. The molecule has 0 unspecified atom stereocenters. The van der Waals surface area contributed by atoms with Gasteiger partial charge < -0.3 is 0 Å². The van der Waals surface area contributed by atoms with Crippen LogP contribution in [0.2, 0.25) is 0 Å². The Morgan fingerprint density at radius 2 is 1.22 bits per heavy atom. The van der Waals surface area contributed by atoms with E-state index in [1.807, 2.05) is 0 Å². The molecule has 18 heavy (non-hydrogen) atoms. The van der Waals surface area contributed by atoms with Gasteiger partial charge in [-0.05, 0) is 48.2 Å². The summed E-state index contributed by atoms with van der Waals surface area (Å²) in [5.41, 5.74) is 2.72. The van der Waals surface area contributed by atoms with Crippen LogP contribution in [-0.4, -0.2) is 0 Å². The summed E-state index contributed by atoms with van der Waals surface area (Å²) in [6.45, 7) is 3.39. The van der Waals surface area contributed by atoms with Crippen molar-refractivity contribution in [2.24, 2.45) is 0 Å². The summed E-state index contributed by atoms with van der Waals surface area (Å²) in [6, 6.07) is 9.53. The van der Waals surface area contributed by atoms with Crippen LogP contribution in [0.25, 0.3) is 0 Å². The fraction of sp³-hybridized carbons (Fsp3) is 0.200. The maximum absolute atomic E-state index is 13.2. The van der Waals surface area contributed by atoms with Crippen molar-refractivity contribution in [3.63, 3.8) is 0 Å². The molecule has 0 aromatic heterocycles. The van der Waals surface area contributed by atoms with Gasteiger partial charge in [-0.3, -0.25) is 0 Å². The average Bonchev–Trinajstić information content (AvgIpc) is 2.35. The number of halogens is 3. The number of aryl methyl sites for hydroxylation is 2. The molecule has 0 saturated carbocycles. The fourth-order valence-corrected chi connectivity index (χ4v) is 2.11. The molecule has 0 aliphatic carbocycles. The zero-order chi connectivity index (χ0) is 13.3. The van der Waals surface area contributed by atoms with Crippen LogP contribution in [-0.2, 0) is 0 Å². The maximum atomic E-state index is 13.2. The molecule has 0 nitrogen and oxygen atoms in total. The Morgan fingerprint density at radius 1 is 0.833 bits per heavy atom. The monoisotopic (exact) mass is 266 g/mol. The first kappa shape index (κ1) is 13.0. The molecule has 2 aromatic rings. The Balaban J connectivity index is 2.37. The van der Waals surface area contributed by atoms with Crippen LogP contribution in [0.3, 0.4) is 0 Å². The molecule has 0 amide bonds. The van der Waals surface area contributed by atoms with Crippen LogP contribution >= 0.6 is 11.6 Å². The lowest BCUT2D eigenvalue weighted by Crippen LogP contribution is -1.96. The van der Waals surface area contributed by atoms with E-state index in [0.717, 1.165) is 11.1 Å². The van der Waals surface area contributed by atoms with Gasteiger partial charge in [-0.15, -0.1) is 11.6 Å². The molecule has 0 bridgehead atoms. The van der Waals surface area contributed by atoms with Gasteiger partial charge in [0.05, 0.1) is 5.38 Å². The second kappa shape index (κ2) is 5.07. The SMILES string of the molecule is Cc1cc(C(Cl)c2ccc(F)c(C)c2)ccc1F. The standard InChI is InChI=1S/C15H13ClF2/c1-9-7-11(3-5-13(9)17)15(16)12-4-6-14(18)10(2)8-12/h3-8,15H,1-2H3. The van der Waals surface area contributed by atoms with E-state index >= 15 is 0 Å². The predicted molar refractivity (Wildman–Crippen MR) is 70.0 cm³/mol. The fourth-order valence-electron chi connectivity index (χ4n) is 1.84. The topological polar surface area (TPSA) is 0 Å². The van der Waals surface area contributed by atoms with Crippen LogP contribution < -0.4 is 0 Å². The summed E-state index contributed by atoms with van der Waals surface area (Å²) >= 11 is 6.34. The zero-order valence-corrected chi connectivity index (χ0v) is 10.9. The number of hydrogen-bond donors (Lipinski definition) is 0. The third-order valence-corrected chi connectivity index (χ3v) is 3.45. The van der Waals surface area contributed by atoms with E-state index in [1.165, 1.54) is 12.1 Å². The van der Waals surface area contributed by atoms with E-state index < -0.39 is 5.38 Å². The summed E-state index contributed by atoms with van der Waals surface area (Å²) in [5, 5.41) is -0.399. The van der Waals surface area contributed by atoms with Crippen molar-refractivity contribution in [1.29, 1.82) is 0 Å². The minimum Gasteiger partial charge on any atom is -0.207 e. The van der Waals surface area contributed by atoms with Crippen molar-refractivity contribution >= 4 is 11.6 Å². The first-order chi connectivity index (χ1) is 8.49. The van der Waals surface area contributed by atoms with E-state index in [1.54, 1.807) is 38.1 Å². The van der Waals surface area contributed by atoms with Gasteiger partial charge in [0.2, 0.25) is 0 Å². The second-order valence-corrected chi connectivity index (χ2v) is 4.82. The van der Waals surface area contributed by atoms with Crippen LogP contribution in [0.15, 0.2) is 36.4 Å². The molecule has 0 N–H and O–H groups in total. The molecular weight excluding hydrogens is 254 g/mol. The summed E-state index contributed by atoms with van der Waals surface area (Å²) in [5.74, 6) is -0.504. The molecule has 0 fully saturated rings. The van der Waals surface area contributed by atoms with E-state index in [4.69, 9.17) is 11.6 Å². The lowest BCUT2D eigenvalue weighted by molar-refractivity contribution is 0.617. The molecule has 0 aliphatic heterocycles. The van der Waals surface area contributed by atoms with Gasteiger partial charge in [-0.1, -0.05) is 24.3 Å². The van der Waals surface area contributed by atoms with Crippen molar-refractivity contribution in [3.8, 4) is 0 Å². The smallest absolute Gasteiger partial charge is 0.126 e. The summed E-state index contributed by atoms with van der Waals surface area (Å²) in [7, 11) is 0. The van der Waals surface area contributed by atoms with Gasteiger partial charge in [-0.25, -0.2) is 8.78 Å². The number of benzene rings is 2. The van der Waals surface area contributed by atoms with Gasteiger partial charge in [0.25, 0.3) is 0 Å². The molecule has 3 heteroatoms. The van der Waals surface area contributed by atoms with E-state index in [9.17, 15) is 8.78 Å². The van der Waals surface area contributed by atoms with Gasteiger partial charge in [0, 0.05) is 0 Å². The van der Waals surface area contributed by atoms with Crippen LogP contribution in [0.5, 0.6) is 0 Å². The van der Waals surface area contributed by atoms with Crippen molar-refractivity contribution in [2.75, 3.05) is 0 Å². The van der Waals surface area contributed by atoms with Crippen molar-refractivity contribution < 1.29 is 8.78 Å². The second-order valence-electron chi connectivity index (χ2n) is 4.38. The normalized spacial score (nSPS) is 11.0. The van der Waals surface area contributed by atoms with Crippen molar-refractivity contribution in [1.82, 2.24) is 0 Å². The van der Waals surface area contributed by atoms with Crippen molar-refractivity contribution in [3.05, 3.63) is 70.3 Å². The quantitative estimate of drug-likeness (QED) is 0.678. The van der Waals surface area contributed by atoms with Crippen LogP contribution in [0.1, 0.15) is 27.6 Å². The molecule has 0 radical (unpaired) electrons. The Morgan fingerprint density at radius 3 is 1.56 bits per heavy atom. The van der Waals surface area contributed by atoms with Gasteiger partial charge in [-0.2, -0.15) is 0 Å². The van der Waals surface area contributed by atoms with Crippen molar-refractivity contribution in [2.45, 2.75) is 19.2 Å². The van der Waals surface area contributed by atoms with E-state index in [-0.39, 0.29) is 11.6 Å². The molecule has 2 rings (SSSR count). The Kier molecular flexibility index (Phi) is 3.67. The summed E-state index contributed by atoms with van der Waals surface area (Å²) < 4.78 is 26.4. The minimum atomic E-state index is -0.399. The van der Waals surface area contributed by atoms with Gasteiger partial charge in [0.15, 0.2) is 0 Å². The molecule has 0 atom stereocenters. The zero-order valence-electron chi connectivity index (χ0n) is 10.2. The summed E-state index contributed by atoms with van der Waals surface area (Å²) in [4.78, 5) is 0. The Labute approximate surface area is 110 Å².